The lowest BCUT2D eigenvalue weighted by Crippen LogP contribution is -2.35. The van der Waals surface area contributed by atoms with Gasteiger partial charge in [-0.05, 0) is 49.9 Å². The molecule has 1 N–H and O–H groups in total. The summed E-state index contributed by atoms with van der Waals surface area (Å²) in [6, 6.07) is 5.25. The van der Waals surface area contributed by atoms with Crippen molar-refractivity contribution in [2.24, 2.45) is 11.8 Å². The average molecular weight is 673 g/mol. The highest BCUT2D eigenvalue weighted by Gasteiger charge is 2.35. The molecule has 0 saturated carbocycles. The van der Waals surface area contributed by atoms with Gasteiger partial charge in [-0.2, -0.15) is 0 Å². The molecule has 0 amide bonds. The maximum absolute atomic E-state index is 15.4. The predicted molar refractivity (Wildman–Crippen MR) is 171 cm³/mol. The molecule has 13 heteroatoms. The first-order chi connectivity index (χ1) is 20.6. The van der Waals surface area contributed by atoms with Crippen LogP contribution >= 0.6 is 35.0 Å². The van der Waals surface area contributed by atoms with Gasteiger partial charge in [-0.3, -0.25) is 9.71 Å². The van der Waals surface area contributed by atoms with Crippen LogP contribution < -0.4 is 18.9 Å². The Morgan fingerprint density at radius 3 is 2.74 bits per heavy atom. The summed E-state index contributed by atoms with van der Waals surface area (Å²) in [6.45, 7) is 7.85. The minimum Gasteiger partial charge on any atom is -0.493 e. The van der Waals surface area contributed by atoms with E-state index in [9.17, 15) is 8.42 Å². The van der Waals surface area contributed by atoms with Gasteiger partial charge < -0.3 is 19.1 Å². The molecule has 0 radical (unpaired) electrons. The summed E-state index contributed by atoms with van der Waals surface area (Å²) in [5, 5.41) is -0.120. The Labute approximate surface area is 266 Å². The number of hydrogen-bond donors (Lipinski definition) is 1. The summed E-state index contributed by atoms with van der Waals surface area (Å²) in [4.78, 5) is 6.87. The second kappa shape index (κ2) is 13.9. The molecule has 1 aromatic heterocycles. The molecule has 3 heterocycles. The number of likely N-dealkylation sites (tertiary alicyclic amines) is 1. The van der Waals surface area contributed by atoms with Crippen LogP contribution in [0.25, 0.3) is 10.9 Å². The molecule has 2 aromatic rings. The van der Waals surface area contributed by atoms with Gasteiger partial charge in [0.2, 0.25) is 0 Å². The lowest BCUT2D eigenvalue weighted by Gasteiger charge is -2.30. The smallest absolute Gasteiger partial charge is 0.261 e. The van der Waals surface area contributed by atoms with Crippen molar-refractivity contribution in [3.05, 3.63) is 57.3 Å². The van der Waals surface area contributed by atoms with Crippen LogP contribution in [0.2, 0.25) is 0 Å². The number of halogens is 3. The number of nitrogens with one attached hydrogen (secondary N) is 1. The topological polar surface area (TPSA) is 90.0 Å². The van der Waals surface area contributed by atoms with Crippen LogP contribution in [0.15, 0.2) is 57.3 Å². The van der Waals surface area contributed by atoms with E-state index in [-0.39, 0.29) is 15.0 Å². The van der Waals surface area contributed by atoms with Crippen LogP contribution in [0.3, 0.4) is 0 Å². The highest BCUT2D eigenvalue weighted by Crippen LogP contribution is 2.41. The van der Waals surface area contributed by atoms with Crippen LogP contribution in [0, 0.1) is 11.8 Å². The van der Waals surface area contributed by atoms with Gasteiger partial charge in [-0.15, -0.1) is 23.4 Å². The zero-order valence-corrected chi connectivity index (χ0v) is 27.5. The molecule has 2 aliphatic heterocycles. The van der Waals surface area contributed by atoms with Crippen molar-refractivity contribution < 1.29 is 27.0 Å². The van der Waals surface area contributed by atoms with Crippen molar-refractivity contribution in [1.29, 1.82) is 0 Å². The summed E-state index contributed by atoms with van der Waals surface area (Å²) in [5.74, 6) is 1.47. The van der Waals surface area contributed by atoms with Crippen LogP contribution in [0.4, 0.5) is 4.39 Å². The largest absolute Gasteiger partial charge is 0.493 e. The first kappa shape index (κ1) is 32.2. The van der Waals surface area contributed by atoms with Crippen LogP contribution in [0.1, 0.15) is 33.1 Å². The van der Waals surface area contributed by atoms with Crippen molar-refractivity contribution in [3.8, 4) is 17.2 Å². The highest BCUT2D eigenvalue weighted by atomic mass is 35.5. The van der Waals surface area contributed by atoms with Gasteiger partial charge in [0.05, 0.1) is 29.0 Å². The van der Waals surface area contributed by atoms with Crippen LogP contribution in [-0.4, -0.2) is 68.9 Å². The number of sulfonamides is 1. The molecule has 1 aliphatic carbocycles. The van der Waals surface area contributed by atoms with E-state index in [2.05, 4.69) is 21.5 Å². The summed E-state index contributed by atoms with van der Waals surface area (Å²) >= 11 is 13.4. The van der Waals surface area contributed by atoms with Crippen molar-refractivity contribution in [1.82, 2.24) is 14.6 Å². The Bertz CT molecular complexity index is 1550. The molecular formula is C30H36Cl2FN3O5S2. The van der Waals surface area contributed by atoms with Gasteiger partial charge in [-0.25, -0.2) is 12.8 Å². The number of pyridine rings is 1. The fourth-order valence-corrected chi connectivity index (χ4v) is 9.56. The van der Waals surface area contributed by atoms with Gasteiger partial charge in [0, 0.05) is 48.1 Å². The fraction of sp³-hybridized carbons (Fsp3) is 0.500. The Kier molecular flexibility index (Phi) is 10.4. The number of piperidine rings is 1. The van der Waals surface area contributed by atoms with Gasteiger partial charge >= 0.3 is 0 Å². The molecule has 1 saturated heterocycles. The first-order valence-corrected chi connectivity index (χ1v) is 17.6. The van der Waals surface area contributed by atoms with Crippen LogP contribution in [0.5, 0.6) is 17.2 Å². The van der Waals surface area contributed by atoms with E-state index in [0.717, 1.165) is 49.8 Å². The SMILES string of the molecule is COc1cc2c(OC3C(F)=CC(NS(=O)(=O)C4=C(Cl)SCC4Cl)=CC3C)ccnc2cc1OCCCN1CCCC(C)C1. The summed E-state index contributed by atoms with van der Waals surface area (Å²) in [6.07, 6.45) is 6.77. The molecule has 43 heavy (non-hydrogen) atoms. The molecule has 1 fully saturated rings. The minimum absolute atomic E-state index is 0.0837. The lowest BCUT2D eigenvalue weighted by molar-refractivity contribution is 0.169. The zero-order chi connectivity index (χ0) is 30.7. The van der Waals surface area contributed by atoms with Crippen molar-refractivity contribution in [3.63, 3.8) is 0 Å². The first-order valence-electron chi connectivity index (χ1n) is 14.3. The quantitative estimate of drug-likeness (QED) is 0.212. The van der Waals surface area contributed by atoms with E-state index in [0.29, 0.717) is 40.5 Å². The van der Waals surface area contributed by atoms with E-state index in [4.69, 9.17) is 37.4 Å². The maximum Gasteiger partial charge on any atom is 0.261 e. The number of benzene rings is 1. The number of fused-ring (bicyclic) bond motifs is 1. The number of nitrogens with zero attached hydrogens (tertiary/aromatic N) is 2. The van der Waals surface area contributed by atoms with Gasteiger partial charge in [0.15, 0.2) is 17.6 Å². The van der Waals surface area contributed by atoms with E-state index < -0.39 is 33.2 Å². The minimum atomic E-state index is -4.05. The third-order valence-electron chi connectivity index (χ3n) is 7.72. The molecule has 1 aromatic carbocycles. The summed E-state index contributed by atoms with van der Waals surface area (Å²) in [5.41, 5.74) is 0.700. The molecule has 0 spiro atoms. The molecule has 5 rings (SSSR count). The third-order valence-corrected chi connectivity index (χ3v) is 11.7. The Morgan fingerprint density at radius 2 is 2.05 bits per heavy atom. The Morgan fingerprint density at radius 1 is 1.23 bits per heavy atom. The normalized spacial score (nSPS) is 25.0. The molecule has 3 aliphatic rings. The molecular weight excluding hydrogens is 636 g/mol. The van der Waals surface area contributed by atoms with E-state index >= 15 is 4.39 Å². The highest BCUT2D eigenvalue weighted by molar-refractivity contribution is 8.06. The number of aromatic nitrogens is 1. The molecule has 4 atom stereocenters. The standard InChI is InChI=1S/C30H36Cl2FN3O5S2/c1-18-6-4-9-36(16-18)10-5-11-40-27-15-24-21(14-26(27)39-3)25(7-8-34-24)41-28-19(2)12-20(13-23(28)33)35-43(37,38)29-22(31)17-42-30(29)32/h7-8,12-15,18-19,22,28,35H,4-6,9-11,16-17H2,1-3H3. The number of allylic oxidation sites excluding steroid dienone is 2. The monoisotopic (exact) mass is 671 g/mol. The predicted octanol–water partition coefficient (Wildman–Crippen LogP) is 6.56. The van der Waals surface area contributed by atoms with E-state index in [1.807, 2.05) is 0 Å². The lowest BCUT2D eigenvalue weighted by atomic mass is 9.97. The third kappa shape index (κ3) is 7.56. The van der Waals surface area contributed by atoms with Gasteiger partial charge in [0.1, 0.15) is 16.5 Å². The molecule has 8 nitrogen and oxygen atoms in total. The fourth-order valence-electron chi connectivity index (χ4n) is 5.63. The summed E-state index contributed by atoms with van der Waals surface area (Å²) in [7, 11) is -2.48. The number of thioether (sulfide) groups is 1. The summed E-state index contributed by atoms with van der Waals surface area (Å²) < 4.78 is 61.6. The number of rotatable bonds is 11. The molecule has 4 unspecified atom stereocenters. The maximum atomic E-state index is 15.4. The Hall–Kier alpha value is -2.18. The van der Waals surface area contributed by atoms with Crippen molar-refractivity contribution in [2.75, 3.05) is 39.1 Å². The number of hydrogen-bond acceptors (Lipinski definition) is 8. The van der Waals surface area contributed by atoms with Gasteiger partial charge in [-0.1, -0.05) is 31.5 Å². The number of ether oxygens (including phenoxy) is 3. The number of methoxy groups -OCH3 is 1. The zero-order valence-electron chi connectivity index (χ0n) is 24.3. The Balaban J connectivity index is 1.27. The molecule has 234 valence electrons. The second-order valence-corrected chi connectivity index (χ2v) is 15.0. The van der Waals surface area contributed by atoms with Crippen molar-refractivity contribution in [2.45, 2.75) is 44.6 Å². The van der Waals surface area contributed by atoms with Crippen LogP contribution in [-0.2, 0) is 10.0 Å². The van der Waals surface area contributed by atoms with Gasteiger partial charge in [0.25, 0.3) is 10.0 Å². The van der Waals surface area contributed by atoms with E-state index in [1.54, 1.807) is 44.5 Å². The number of alkyl halides is 1. The van der Waals surface area contributed by atoms with Crippen molar-refractivity contribution >= 4 is 55.9 Å². The second-order valence-electron chi connectivity index (χ2n) is 11.2. The van der Waals surface area contributed by atoms with E-state index in [1.165, 1.54) is 12.8 Å². The average Bonchev–Trinajstić information content (AvgIpc) is 3.31. The molecule has 0 bridgehead atoms.